The molecule has 0 saturated carbocycles. The summed E-state index contributed by atoms with van der Waals surface area (Å²) in [6.45, 7) is 6.54. The lowest BCUT2D eigenvalue weighted by atomic mass is 9.99. The van der Waals surface area contributed by atoms with Gasteiger partial charge in [0.2, 0.25) is 5.88 Å². The fourth-order valence-electron chi connectivity index (χ4n) is 4.74. The second-order valence-electron chi connectivity index (χ2n) is 10.1. The van der Waals surface area contributed by atoms with Gasteiger partial charge in [0.25, 0.3) is 5.91 Å². The van der Waals surface area contributed by atoms with Crippen molar-refractivity contribution < 1.29 is 19.2 Å². The summed E-state index contributed by atoms with van der Waals surface area (Å²) in [5.41, 5.74) is 2.31. The van der Waals surface area contributed by atoms with Crippen LogP contribution in [0.2, 0.25) is 0 Å². The topological polar surface area (TPSA) is 102 Å². The SMILES string of the molecule is CC1CCN(Cc2ccc(C(=O)Nc3ccc(OC(=O)N4CCC(On5ccnc5)CC4)nc3)cc2)CC1. The highest BCUT2D eigenvalue weighted by molar-refractivity contribution is 6.04. The first kappa shape index (κ1) is 25.7. The highest BCUT2D eigenvalue weighted by Gasteiger charge is 2.26. The van der Waals surface area contributed by atoms with Gasteiger partial charge in [-0.2, -0.15) is 4.73 Å². The van der Waals surface area contributed by atoms with Gasteiger partial charge in [0.05, 0.1) is 18.1 Å². The van der Waals surface area contributed by atoms with Gasteiger partial charge in [0, 0.05) is 50.3 Å². The van der Waals surface area contributed by atoms with Gasteiger partial charge in [-0.15, -0.1) is 0 Å². The summed E-state index contributed by atoms with van der Waals surface area (Å²) in [5.74, 6) is 0.780. The number of nitrogens with zero attached hydrogens (tertiary/aromatic N) is 5. The van der Waals surface area contributed by atoms with Crippen LogP contribution in [-0.4, -0.2) is 68.8 Å². The number of benzene rings is 1. The zero-order chi connectivity index (χ0) is 26.3. The second kappa shape index (κ2) is 12.1. The van der Waals surface area contributed by atoms with Crippen LogP contribution in [0.5, 0.6) is 5.88 Å². The predicted octanol–water partition coefficient (Wildman–Crippen LogP) is 3.85. The fraction of sp³-hybridized carbons (Fsp3) is 0.429. The number of imidazole rings is 1. The van der Waals surface area contributed by atoms with E-state index in [0.29, 0.717) is 37.2 Å². The van der Waals surface area contributed by atoms with Gasteiger partial charge in [0.1, 0.15) is 12.4 Å². The number of hydrogen-bond acceptors (Lipinski definition) is 7. The summed E-state index contributed by atoms with van der Waals surface area (Å²) in [5, 5.41) is 2.85. The maximum absolute atomic E-state index is 12.7. The molecule has 1 N–H and O–H groups in total. The van der Waals surface area contributed by atoms with Crippen molar-refractivity contribution in [2.24, 2.45) is 5.92 Å². The highest BCUT2D eigenvalue weighted by Crippen LogP contribution is 2.19. The molecule has 0 spiro atoms. The molecule has 2 amide bonds. The molecule has 1 aromatic carbocycles. The molecule has 0 bridgehead atoms. The highest BCUT2D eigenvalue weighted by atomic mass is 16.7. The minimum atomic E-state index is -0.450. The number of rotatable bonds is 7. The van der Waals surface area contributed by atoms with Crippen molar-refractivity contribution >= 4 is 17.7 Å². The van der Waals surface area contributed by atoms with Crippen LogP contribution < -0.4 is 14.9 Å². The average molecular weight is 519 g/mol. The van der Waals surface area contributed by atoms with E-state index >= 15 is 0 Å². The molecule has 2 aromatic heterocycles. The van der Waals surface area contributed by atoms with Gasteiger partial charge >= 0.3 is 6.09 Å². The summed E-state index contributed by atoms with van der Waals surface area (Å²) >= 11 is 0. The number of hydrogen-bond donors (Lipinski definition) is 1. The zero-order valence-electron chi connectivity index (χ0n) is 21.7. The number of piperidine rings is 2. The number of amides is 2. The van der Waals surface area contributed by atoms with E-state index in [1.807, 2.05) is 24.3 Å². The molecule has 4 heterocycles. The van der Waals surface area contributed by atoms with Crippen molar-refractivity contribution in [1.29, 1.82) is 0 Å². The lowest BCUT2D eigenvalue weighted by molar-refractivity contribution is -0.000122. The van der Waals surface area contributed by atoms with Gasteiger partial charge in [-0.25, -0.2) is 14.8 Å². The number of pyridine rings is 1. The Hall–Kier alpha value is -3.92. The Morgan fingerprint density at radius 1 is 1.00 bits per heavy atom. The van der Waals surface area contributed by atoms with Gasteiger partial charge < -0.3 is 19.8 Å². The summed E-state index contributed by atoms with van der Waals surface area (Å²) in [6, 6.07) is 11.0. The number of nitrogens with one attached hydrogen (secondary N) is 1. The van der Waals surface area contributed by atoms with Crippen molar-refractivity contribution in [3.8, 4) is 5.88 Å². The molecule has 5 rings (SSSR count). The first-order valence-electron chi connectivity index (χ1n) is 13.2. The van der Waals surface area contributed by atoms with Crippen molar-refractivity contribution in [2.45, 2.75) is 45.3 Å². The molecule has 0 aliphatic carbocycles. The second-order valence-corrected chi connectivity index (χ2v) is 10.1. The third-order valence-electron chi connectivity index (χ3n) is 7.14. The Labute approximate surface area is 222 Å². The molecule has 3 aromatic rings. The van der Waals surface area contributed by atoms with E-state index < -0.39 is 6.09 Å². The maximum Gasteiger partial charge on any atom is 0.416 e. The molecule has 2 aliphatic rings. The third kappa shape index (κ3) is 6.89. The quantitative estimate of drug-likeness (QED) is 0.507. The summed E-state index contributed by atoms with van der Waals surface area (Å²) < 4.78 is 7.00. The Bertz CT molecular complexity index is 1180. The van der Waals surface area contributed by atoms with E-state index in [9.17, 15) is 9.59 Å². The number of carbonyl (C=O) groups excluding carboxylic acids is 2. The van der Waals surface area contributed by atoms with E-state index in [4.69, 9.17) is 9.57 Å². The van der Waals surface area contributed by atoms with E-state index in [1.54, 1.807) is 40.5 Å². The van der Waals surface area contributed by atoms with Gasteiger partial charge in [0.15, 0.2) is 0 Å². The van der Waals surface area contributed by atoms with Gasteiger partial charge in [-0.1, -0.05) is 19.1 Å². The smallest absolute Gasteiger partial charge is 0.410 e. The Balaban J connectivity index is 1.06. The van der Waals surface area contributed by atoms with E-state index in [0.717, 1.165) is 25.6 Å². The Kier molecular flexibility index (Phi) is 8.18. The van der Waals surface area contributed by atoms with E-state index in [-0.39, 0.29) is 17.9 Å². The monoisotopic (exact) mass is 518 g/mol. The van der Waals surface area contributed by atoms with Crippen molar-refractivity contribution in [2.75, 3.05) is 31.5 Å². The Morgan fingerprint density at radius 3 is 2.42 bits per heavy atom. The summed E-state index contributed by atoms with van der Waals surface area (Å²) in [4.78, 5) is 43.3. The van der Waals surface area contributed by atoms with Crippen molar-refractivity contribution in [1.82, 2.24) is 24.5 Å². The van der Waals surface area contributed by atoms with Crippen LogP contribution in [0.1, 0.15) is 48.5 Å². The summed E-state index contributed by atoms with van der Waals surface area (Å²) in [7, 11) is 0. The molecule has 10 nitrogen and oxygen atoms in total. The van der Waals surface area contributed by atoms with Crippen LogP contribution in [0, 0.1) is 5.92 Å². The molecule has 10 heteroatoms. The molecule has 0 unspecified atom stereocenters. The standard InChI is InChI=1S/C28H34N6O4/c1-21-8-13-32(14-9-21)19-22-2-4-23(5-3-22)27(35)31-24-6-7-26(30-18-24)37-28(36)33-15-10-25(11-16-33)38-34-17-12-29-20-34/h2-7,12,17-18,20-21,25H,8-11,13-16,19H2,1H3,(H,31,35). The lowest BCUT2D eigenvalue weighted by Gasteiger charge is -2.30. The van der Waals surface area contributed by atoms with E-state index in [1.165, 1.54) is 24.6 Å². The molecule has 200 valence electrons. The number of likely N-dealkylation sites (tertiary alicyclic amines) is 2. The minimum absolute atomic E-state index is 0.0176. The molecule has 38 heavy (non-hydrogen) atoms. The number of aromatic nitrogens is 3. The van der Waals surface area contributed by atoms with Crippen LogP contribution in [0.25, 0.3) is 0 Å². The average Bonchev–Trinajstić information content (AvgIpc) is 3.45. The van der Waals surface area contributed by atoms with Crippen LogP contribution in [0.4, 0.5) is 10.5 Å². The zero-order valence-corrected chi connectivity index (χ0v) is 21.7. The first-order valence-corrected chi connectivity index (χ1v) is 13.2. The maximum atomic E-state index is 12.7. The lowest BCUT2D eigenvalue weighted by Crippen LogP contribution is -2.44. The number of carbonyl (C=O) groups is 2. The van der Waals surface area contributed by atoms with Crippen LogP contribution in [-0.2, 0) is 6.54 Å². The van der Waals surface area contributed by atoms with Crippen LogP contribution in [0.15, 0.2) is 61.3 Å². The van der Waals surface area contributed by atoms with E-state index in [2.05, 4.69) is 27.1 Å². The predicted molar refractivity (Wildman–Crippen MR) is 142 cm³/mol. The molecule has 2 saturated heterocycles. The molecular formula is C28H34N6O4. The molecule has 0 radical (unpaired) electrons. The summed E-state index contributed by atoms with van der Waals surface area (Å²) in [6.07, 6.45) is 9.94. The van der Waals surface area contributed by atoms with Crippen molar-refractivity contribution in [3.63, 3.8) is 0 Å². The fourth-order valence-corrected chi connectivity index (χ4v) is 4.74. The van der Waals surface area contributed by atoms with Gasteiger partial charge in [-0.05, 0) is 55.6 Å². The van der Waals surface area contributed by atoms with Crippen molar-refractivity contribution in [3.05, 3.63) is 72.4 Å². The van der Waals surface area contributed by atoms with Crippen LogP contribution >= 0.6 is 0 Å². The minimum Gasteiger partial charge on any atom is -0.410 e. The molecule has 2 aliphatic heterocycles. The Morgan fingerprint density at radius 2 is 1.76 bits per heavy atom. The largest absolute Gasteiger partial charge is 0.416 e. The molecule has 2 fully saturated rings. The molecular weight excluding hydrogens is 484 g/mol. The first-order chi connectivity index (χ1) is 18.5. The number of anilines is 1. The van der Waals surface area contributed by atoms with Gasteiger partial charge in [-0.3, -0.25) is 9.69 Å². The third-order valence-corrected chi connectivity index (χ3v) is 7.14. The molecule has 0 atom stereocenters. The normalized spacial score (nSPS) is 17.2. The number of ether oxygens (including phenoxy) is 1. The van der Waals surface area contributed by atoms with Crippen LogP contribution in [0.3, 0.4) is 0 Å².